The van der Waals surface area contributed by atoms with Crippen molar-refractivity contribution < 1.29 is 10.9 Å². The first-order valence-corrected chi connectivity index (χ1v) is 16.5. The fourth-order valence-electron chi connectivity index (χ4n) is 19.1. The van der Waals surface area contributed by atoms with Crippen LogP contribution in [-0.2, 0) is 10.8 Å². The van der Waals surface area contributed by atoms with Crippen LogP contribution in [0.1, 0.15) is 5.56 Å². The molecule has 0 aliphatic carbocycles. The van der Waals surface area contributed by atoms with E-state index in [1.807, 2.05) is 12.3 Å². The van der Waals surface area contributed by atoms with Crippen molar-refractivity contribution in [3.8, 4) is 0 Å². The molecular formula is C23H16FeO2. The molecule has 0 N–H and O–H groups in total. The van der Waals surface area contributed by atoms with Gasteiger partial charge in [-0.2, -0.15) is 0 Å². The molecule has 4 atom stereocenters. The van der Waals surface area contributed by atoms with Crippen molar-refractivity contribution in [2.45, 2.75) is 47.7 Å². The molecule has 10 aliphatic rings. The summed E-state index contributed by atoms with van der Waals surface area (Å²) in [7, 11) is 0. The minimum atomic E-state index is -3.33. The van der Waals surface area contributed by atoms with E-state index in [0.29, 0.717) is 9.74 Å². The predicted molar refractivity (Wildman–Crippen MR) is 95.4 cm³/mol. The van der Waals surface area contributed by atoms with E-state index >= 15 is 0 Å². The van der Waals surface area contributed by atoms with Crippen molar-refractivity contribution in [3.63, 3.8) is 0 Å². The molecule has 4 unspecified atom stereocenters. The van der Waals surface area contributed by atoms with Crippen LogP contribution in [0.4, 0.5) is 0 Å². The molecule has 11 heterocycles. The molecule has 26 heavy (non-hydrogen) atoms. The maximum atomic E-state index is 14.0. The van der Waals surface area contributed by atoms with Crippen LogP contribution in [0, 0.1) is 0 Å². The van der Waals surface area contributed by atoms with E-state index in [-0.39, 0.29) is 0 Å². The summed E-state index contributed by atoms with van der Waals surface area (Å²) >= 11 is 0. The van der Waals surface area contributed by atoms with Crippen LogP contribution >= 0.6 is 0 Å². The van der Waals surface area contributed by atoms with Gasteiger partial charge < -0.3 is 0 Å². The molecule has 1 spiro atoms. The van der Waals surface area contributed by atoms with Crippen molar-refractivity contribution >= 4 is 21.7 Å². The summed E-state index contributed by atoms with van der Waals surface area (Å²) in [6.45, 7) is -3.33. The van der Waals surface area contributed by atoms with E-state index in [1.165, 1.54) is 39.3 Å². The Morgan fingerprint density at radius 1 is 0.846 bits per heavy atom. The Bertz CT molecular complexity index is 1780. The van der Waals surface area contributed by atoms with Crippen molar-refractivity contribution in [1.29, 1.82) is 0 Å². The van der Waals surface area contributed by atoms with Crippen molar-refractivity contribution in [2.75, 3.05) is 0 Å². The summed E-state index contributed by atoms with van der Waals surface area (Å²) < 4.78 is 6.68. The number of hydrogen-bond acceptors (Lipinski definition) is 2. The quantitative estimate of drug-likeness (QED) is 0.398. The second-order valence-corrected chi connectivity index (χ2v) is 36.9. The number of fused-ring (bicyclic) bond motifs is 13. The van der Waals surface area contributed by atoms with Gasteiger partial charge in [-0.15, -0.1) is 0 Å². The van der Waals surface area contributed by atoms with Gasteiger partial charge in [0.2, 0.25) is 0 Å². The Balaban J connectivity index is 1.32. The van der Waals surface area contributed by atoms with Crippen molar-refractivity contribution in [3.05, 3.63) is 58.4 Å². The predicted octanol–water partition coefficient (Wildman–Crippen LogP) is 5.74. The van der Waals surface area contributed by atoms with E-state index in [1.54, 1.807) is 0 Å². The molecule has 1 aromatic heterocycles. The number of hydrogen-bond donors (Lipinski definition) is 0. The molecule has 0 amide bonds. The Morgan fingerprint density at radius 3 is 2.15 bits per heavy atom. The van der Waals surface area contributed by atoms with Crippen molar-refractivity contribution in [2.24, 2.45) is 0 Å². The molecule has 10 aliphatic heterocycles. The standard InChI is InChI=1S/C18H11O2.C5H5.Fe/c19-18-15(12-5-1-2-6-12)11-20-16-10-9-13-7-3-4-8-14(13)17(16)18;1-2-4-5-3-1;/h1-11H;1-5H;. The summed E-state index contributed by atoms with van der Waals surface area (Å²) in [5.74, 6) is 0. The van der Waals surface area contributed by atoms with Gasteiger partial charge in [0.15, 0.2) is 0 Å². The molecule has 0 radical (unpaired) electrons. The molecule has 2 aromatic carbocycles. The summed E-state index contributed by atoms with van der Waals surface area (Å²) in [5.41, 5.74) is 2.34. The second-order valence-electron chi connectivity index (χ2n) is 13.3. The van der Waals surface area contributed by atoms with Crippen LogP contribution in [0.2, 0.25) is 43.3 Å². The summed E-state index contributed by atoms with van der Waals surface area (Å²) in [6, 6.07) is 12.4. The Hall–Kier alpha value is -1.57. The molecule has 10 fully saturated rings. The van der Waals surface area contributed by atoms with Crippen LogP contribution in [0.5, 0.6) is 0 Å². The summed E-state index contributed by atoms with van der Waals surface area (Å²) in [6.07, 6.45) is 1.97. The van der Waals surface area contributed by atoms with Crippen LogP contribution in [0.15, 0.2) is 51.9 Å². The number of benzene rings is 2. The Morgan fingerprint density at radius 2 is 1.54 bits per heavy atom. The van der Waals surface area contributed by atoms with Crippen LogP contribution in [-0.4, -0.2) is 0 Å². The third-order valence-corrected chi connectivity index (χ3v) is 60.1. The normalized spacial score (nSPS) is 82.2. The minimum absolute atomic E-state index is 0.358. The van der Waals surface area contributed by atoms with Gasteiger partial charge in [0.25, 0.3) is 0 Å². The summed E-state index contributed by atoms with van der Waals surface area (Å²) in [5, 5.41) is 3.12. The van der Waals surface area contributed by atoms with E-state index in [9.17, 15) is 4.79 Å². The number of rotatable bonds is 1. The third kappa shape index (κ3) is 0.159. The first-order valence-electron chi connectivity index (χ1n) is 10.2. The van der Waals surface area contributed by atoms with Gasteiger partial charge in [-0.05, 0) is 0 Å². The maximum absolute atomic E-state index is 14.0. The Kier molecular flexibility index (Phi) is 0.437. The molecular weight excluding hydrogens is 364 g/mol. The molecule has 3 aromatic rings. The van der Waals surface area contributed by atoms with Gasteiger partial charge in [0.05, 0.1) is 0 Å². The van der Waals surface area contributed by atoms with Gasteiger partial charge in [-0.25, -0.2) is 0 Å². The topological polar surface area (TPSA) is 30.2 Å². The van der Waals surface area contributed by atoms with Crippen LogP contribution in [0.3, 0.4) is 0 Å². The molecule has 128 valence electrons. The van der Waals surface area contributed by atoms with Gasteiger partial charge in [-0.3, -0.25) is 0 Å². The van der Waals surface area contributed by atoms with E-state index < -0.39 is 6.51 Å². The van der Waals surface area contributed by atoms with E-state index in [4.69, 9.17) is 4.42 Å². The SMILES string of the molecule is O=c1c([C]23[CH]4[CH]5[CH]6[CH]2[Fe]56432789[CH]3[CH]2[CH]7[CH]8[CH]39)coc2ccc3ccccc3c12. The molecule has 0 bridgehead atoms. The third-order valence-electron chi connectivity index (χ3n) is 17.8. The molecule has 2 nitrogen and oxygen atoms in total. The fourth-order valence-corrected chi connectivity index (χ4v) is 93.2. The van der Waals surface area contributed by atoms with E-state index in [0.717, 1.165) is 31.4 Å². The van der Waals surface area contributed by atoms with Gasteiger partial charge in [0.1, 0.15) is 0 Å². The van der Waals surface area contributed by atoms with E-state index in [2.05, 4.69) is 30.3 Å². The molecule has 10 saturated heterocycles. The zero-order valence-corrected chi connectivity index (χ0v) is 15.0. The Labute approximate surface area is 138 Å². The average Bonchev–Trinajstić information content (AvgIpc) is 3.61. The van der Waals surface area contributed by atoms with Gasteiger partial charge in [-0.1, -0.05) is 0 Å². The summed E-state index contributed by atoms with van der Waals surface area (Å²) in [4.78, 5) is 24.8. The van der Waals surface area contributed by atoms with Crippen molar-refractivity contribution in [1.82, 2.24) is 0 Å². The average molecular weight is 380 g/mol. The molecule has 0 saturated carbocycles. The van der Waals surface area contributed by atoms with Crippen LogP contribution < -0.4 is 5.43 Å². The zero-order chi connectivity index (χ0) is 16.1. The molecule has 3 heteroatoms. The zero-order valence-electron chi connectivity index (χ0n) is 13.9. The molecule has 13 rings (SSSR count). The van der Waals surface area contributed by atoms with Crippen LogP contribution in [0.25, 0.3) is 21.7 Å². The fraction of sp³-hybridized carbons (Fsp3) is 0.435. The van der Waals surface area contributed by atoms with Gasteiger partial charge in [0, 0.05) is 0 Å². The first kappa shape index (κ1) is 10.1. The monoisotopic (exact) mass is 380 g/mol. The van der Waals surface area contributed by atoms with Gasteiger partial charge >= 0.3 is 139 Å². The second kappa shape index (κ2) is 1.12. The first-order chi connectivity index (χ1) is 12.5.